The number of nitrogens with one attached hydrogen (secondary N) is 1. The molecule has 5 aromatic rings. The van der Waals surface area contributed by atoms with Gasteiger partial charge in [-0.15, -0.1) is 0 Å². The zero-order chi connectivity index (χ0) is 24.2. The van der Waals surface area contributed by atoms with Crippen molar-refractivity contribution in [3.8, 4) is 34.5 Å². The van der Waals surface area contributed by atoms with E-state index in [9.17, 15) is 4.79 Å². The summed E-state index contributed by atoms with van der Waals surface area (Å²) in [6.45, 7) is 3.92. The lowest BCUT2D eigenvalue weighted by molar-refractivity contribution is 0.102. The van der Waals surface area contributed by atoms with Crippen molar-refractivity contribution in [1.29, 1.82) is 0 Å². The van der Waals surface area contributed by atoms with Crippen LogP contribution in [-0.4, -0.2) is 20.9 Å². The van der Waals surface area contributed by atoms with Crippen LogP contribution in [0.5, 0.6) is 11.8 Å². The average Bonchev–Trinajstić information content (AvgIpc) is 3.37. The predicted molar refractivity (Wildman–Crippen MR) is 133 cm³/mol. The molecule has 0 spiro atoms. The zero-order valence-electron chi connectivity index (χ0n) is 19.2. The van der Waals surface area contributed by atoms with E-state index in [1.54, 1.807) is 42.9 Å². The van der Waals surface area contributed by atoms with Crippen LogP contribution in [0.3, 0.4) is 0 Å². The first-order valence-corrected chi connectivity index (χ1v) is 11.1. The summed E-state index contributed by atoms with van der Waals surface area (Å²) >= 11 is 0. The Morgan fingerprint density at radius 3 is 2.43 bits per heavy atom. The molecule has 1 N–H and O–H groups in total. The molecule has 0 radical (unpaired) electrons. The summed E-state index contributed by atoms with van der Waals surface area (Å²) in [4.78, 5) is 25.8. The smallest absolute Gasteiger partial charge is 0.321 e. The van der Waals surface area contributed by atoms with Gasteiger partial charge in [-0.1, -0.05) is 42.0 Å². The van der Waals surface area contributed by atoms with E-state index in [4.69, 9.17) is 9.15 Å². The molecule has 5 rings (SSSR count). The van der Waals surface area contributed by atoms with Gasteiger partial charge in [0.05, 0.1) is 11.8 Å². The summed E-state index contributed by atoms with van der Waals surface area (Å²) in [6, 6.07) is 22.6. The van der Waals surface area contributed by atoms with Crippen LogP contribution in [0, 0.1) is 13.8 Å². The van der Waals surface area contributed by atoms with Gasteiger partial charge in [0.25, 0.3) is 5.91 Å². The second-order valence-electron chi connectivity index (χ2n) is 8.01. The molecular weight excluding hydrogens is 440 g/mol. The standard InChI is InChI=1S/C28H22N4O3/c1-18-8-10-20(11-9-18)25-17-31-27(35-25)23-7-4-3-6-22(23)26(33)32-24-13-12-21(16-19(24)2)34-28-29-14-5-15-30-28/h3-17H,1-2H3,(H,32,33). The number of aryl methyl sites for hydroxylation is 2. The van der Waals surface area contributed by atoms with Crippen LogP contribution in [0.25, 0.3) is 22.8 Å². The van der Waals surface area contributed by atoms with Gasteiger partial charge in [-0.3, -0.25) is 4.79 Å². The third-order valence-electron chi connectivity index (χ3n) is 5.44. The number of oxazole rings is 1. The SMILES string of the molecule is Cc1ccc(-c2cnc(-c3ccccc3C(=O)Nc3ccc(Oc4ncccn4)cc3C)o2)cc1. The fraction of sp³-hybridized carbons (Fsp3) is 0.0714. The Hall–Kier alpha value is -4.78. The molecule has 0 aliphatic carbocycles. The number of carbonyl (C=O) groups is 1. The van der Waals surface area contributed by atoms with Crippen molar-refractivity contribution in [1.82, 2.24) is 15.0 Å². The minimum atomic E-state index is -0.265. The fourth-order valence-electron chi connectivity index (χ4n) is 3.59. The Morgan fingerprint density at radius 1 is 0.886 bits per heavy atom. The number of ether oxygens (including phenoxy) is 1. The van der Waals surface area contributed by atoms with Gasteiger partial charge in [-0.2, -0.15) is 0 Å². The Kier molecular flexibility index (Phi) is 6.05. The van der Waals surface area contributed by atoms with Crippen LogP contribution >= 0.6 is 0 Å². The van der Waals surface area contributed by atoms with E-state index in [1.807, 2.05) is 62.4 Å². The summed E-state index contributed by atoms with van der Waals surface area (Å²) in [5, 5.41) is 2.98. The van der Waals surface area contributed by atoms with Gasteiger partial charge in [0.2, 0.25) is 5.89 Å². The summed E-state index contributed by atoms with van der Waals surface area (Å²) < 4.78 is 11.7. The molecule has 0 aliphatic rings. The van der Waals surface area contributed by atoms with Gasteiger partial charge in [0.1, 0.15) is 5.75 Å². The number of amides is 1. The van der Waals surface area contributed by atoms with Gasteiger partial charge in [-0.25, -0.2) is 15.0 Å². The molecule has 0 atom stereocenters. The average molecular weight is 463 g/mol. The maximum absolute atomic E-state index is 13.2. The van der Waals surface area contributed by atoms with E-state index < -0.39 is 0 Å². The molecule has 2 heterocycles. The number of aromatic nitrogens is 3. The van der Waals surface area contributed by atoms with Crippen LogP contribution in [0.1, 0.15) is 21.5 Å². The topological polar surface area (TPSA) is 90.1 Å². The van der Waals surface area contributed by atoms with E-state index in [2.05, 4.69) is 20.3 Å². The van der Waals surface area contributed by atoms with Crippen molar-refractivity contribution in [2.45, 2.75) is 13.8 Å². The molecule has 0 saturated heterocycles. The van der Waals surface area contributed by atoms with Crippen LogP contribution in [0.15, 0.2) is 95.8 Å². The molecule has 172 valence electrons. The minimum absolute atomic E-state index is 0.258. The quantitative estimate of drug-likeness (QED) is 0.311. The summed E-state index contributed by atoms with van der Waals surface area (Å²) in [5.41, 5.74) is 4.67. The molecule has 0 unspecified atom stereocenters. The molecule has 0 fully saturated rings. The molecule has 35 heavy (non-hydrogen) atoms. The lowest BCUT2D eigenvalue weighted by Gasteiger charge is -2.12. The van der Waals surface area contributed by atoms with Crippen LogP contribution < -0.4 is 10.1 Å². The van der Waals surface area contributed by atoms with Crippen LogP contribution in [-0.2, 0) is 0 Å². The number of rotatable bonds is 6. The van der Waals surface area contributed by atoms with Crippen molar-refractivity contribution in [3.63, 3.8) is 0 Å². The van der Waals surface area contributed by atoms with Gasteiger partial charge in [0.15, 0.2) is 5.76 Å². The second kappa shape index (κ2) is 9.61. The van der Waals surface area contributed by atoms with Gasteiger partial charge in [-0.05, 0) is 55.8 Å². The number of hydrogen-bond acceptors (Lipinski definition) is 6. The van der Waals surface area contributed by atoms with Crippen molar-refractivity contribution in [2.75, 3.05) is 5.32 Å². The summed E-state index contributed by atoms with van der Waals surface area (Å²) in [7, 11) is 0. The predicted octanol–water partition coefficient (Wildman–Crippen LogP) is 6.46. The molecule has 3 aromatic carbocycles. The van der Waals surface area contributed by atoms with E-state index in [0.29, 0.717) is 34.2 Å². The highest BCUT2D eigenvalue weighted by atomic mass is 16.5. The van der Waals surface area contributed by atoms with E-state index in [-0.39, 0.29) is 11.9 Å². The van der Waals surface area contributed by atoms with Crippen LogP contribution in [0.2, 0.25) is 0 Å². The number of nitrogens with zero attached hydrogens (tertiary/aromatic N) is 3. The first-order valence-electron chi connectivity index (χ1n) is 11.1. The Morgan fingerprint density at radius 2 is 1.66 bits per heavy atom. The third kappa shape index (κ3) is 4.94. The molecule has 7 nitrogen and oxygen atoms in total. The second-order valence-corrected chi connectivity index (χ2v) is 8.01. The van der Waals surface area contributed by atoms with Crippen molar-refractivity contribution in [3.05, 3.63) is 108 Å². The largest absolute Gasteiger partial charge is 0.436 e. The first-order chi connectivity index (χ1) is 17.1. The number of carbonyl (C=O) groups excluding carboxylic acids is 1. The van der Waals surface area contributed by atoms with Crippen molar-refractivity contribution in [2.24, 2.45) is 0 Å². The third-order valence-corrected chi connectivity index (χ3v) is 5.44. The summed E-state index contributed by atoms with van der Waals surface area (Å²) in [5.74, 6) is 1.34. The zero-order valence-corrected chi connectivity index (χ0v) is 19.2. The normalized spacial score (nSPS) is 10.7. The molecule has 0 saturated carbocycles. The maximum atomic E-state index is 13.2. The van der Waals surface area contributed by atoms with Gasteiger partial charge < -0.3 is 14.5 Å². The highest BCUT2D eigenvalue weighted by molar-refractivity contribution is 6.08. The maximum Gasteiger partial charge on any atom is 0.321 e. The first kappa shape index (κ1) is 22.0. The van der Waals surface area contributed by atoms with E-state index >= 15 is 0 Å². The Balaban J connectivity index is 1.36. The molecule has 0 aliphatic heterocycles. The highest BCUT2D eigenvalue weighted by Crippen LogP contribution is 2.30. The molecule has 1 amide bonds. The van der Waals surface area contributed by atoms with Crippen molar-refractivity contribution < 1.29 is 13.9 Å². The Labute approximate surface area is 202 Å². The molecule has 2 aromatic heterocycles. The molecule has 0 bridgehead atoms. The molecule has 7 heteroatoms. The number of anilines is 1. The minimum Gasteiger partial charge on any atom is -0.436 e. The summed E-state index contributed by atoms with van der Waals surface area (Å²) in [6.07, 6.45) is 4.89. The van der Waals surface area contributed by atoms with E-state index in [0.717, 1.165) is 11.1 Å². The van der Waals surface area contributed by atoms with Crippen LogP contribution in [0.4, 0.5) is 5.69 Å². The number of hydrogen-bond donors (Lipinski definition) is 1. The highest BCUT2D eigenvalue weighted by Gasteiger charge is 2.18. The van der Waals surface area contributed by atoms with Gasteiger partial charge >= 0.3 is 6.01 Å². The molecular formula is C28H22N4O3. The lowest BCUT2D eigenvalue weighted by atomic mass is 10.1. The number of benzene rings is 3. The monoisotopic (exact) mass is 462 g/mol. The van der Waals surface area contributed by atoms with Gasteiger partial charge in [0, 0.05) is 29.2 Å². The lowest BCUT2D eigenvalue weighted by Crippen LogP contribution is -2.14. The Bertz CT molecular complexity index is 1480. The fourth-order valence-corrected chi connectivity index (χ4v) is 3.59. The van der Waals surface area contributed by atoms with E-state index in [1.165, 1.54) is 5.56 Å². The van der Waals surface area contributed by atoms with Crippen molar-refractivity contribution >= 4 is 11.6 Å².